The summed E-state index contributed by atoms with van der Waals surface area (Å²) in [6, 6.07) is -0.769. The summed E-state index contributed by atoms with van der Waals surface area (Å²) in [5.74, 6) is -0.575. The highest BCUT2D eigenvalue weighted by molar-refractivity contribution is 5.81. The van der Waals surface area contributed by atoms with Crippen molar-refractivity contribution in [2.45, 2.75) is 38.5 Å². The van der Waals surface area contributed by atoms with E-state index in [0.29, 0.717) is 6.42 Å². The van der Waals surface area contributed by atoms with Gasteiger partial charge in [-0.1, -0.05) is 0 Å². The molecule has 1 heterocycles. The van der Waals surface area contributed by atoms with Crippen molar-refractivity contribution in [3.63, 3.8) is 0 Å². The fourth-order valence-corrected chi connectivity index (χ4v) is 2.10. The van der Waals surface area contributed by atoms with Gasteiger partial charge in [-0.15, -0.1) is 0 Å². The highest BCUT2D eigenvalue weighted by Gasteiger charge is 2.39. The number of rotatable bonds is 5. The van der Waals surface area contributed by atoms with E-state index in [2.05, 4.69) is 5.32 Å². The van der Waals surface area contributed by atoms with Crippen molar-refractivity contribution in [1.29, 1.82) is 0 Å². The summed E-state index contributed by atoms with van der Waals surface area (Å²) in [7, 11) is 0. The Morgan fingerprint density at radius 1 is 1.47 bits per heavy atom. The number of carbonyl (C=O) groups excluding carboxylic acids is 2. The molecule has 1 aliphatic heterocycles. The molecule has 0 saturated carbocycles. The minimum absolute atomic E-state index is 0.0227. The molecule has 4 atom stereocenters. The lowest BCUT2D eigenvalue weighted by Gasteiger charge is -2.23. The Kier molecular flexibility index (Phi) is 5.04. The van der Waals surface area contributed by atoms with Gasteiger partial charge in [0.25, 0.3) is 0 Å². The summed E-state index contributed by atoms with van der Waals surface area (Å²) >= 11 is 0. The Bertz CT molecular complexity index is 294. The van der Waals surface area contributed by atoms with Crippen LogP contribution in [0.15, 0.2) is 0 Å². The molecule has 0 amide bonds. The Labute approximate surface area is 100.0 Å². The van der Waals surface area contributed by atoms with E-state index in [-0.39, 0.29) is 24.3 Å². The van der Waals surface area contributed by atoms with E-state index in [1.54, 1.807) is 0 Å². The van der Waals surface area contributed by atoms with Crippen LogP contribution in [0.4, 0.5) is 0 Å². The van der Waals surface area contributed by atoms with Crippen LogP contribution in [0, 0.1) is 5.92 Å². The smallest absolute Gasteiger partial charge is 0.302 e. The van der Waals surface area contributed by atoms with Crippen LogP contribution >= 0.6 is 0 Å². The first-order valence-corrected chi connectivity index (χ1v) is 5.64. The topological polar surface area (TPSA) is 95.9 Å². The van der Waals surface area contributed by atoms with Gasteiger partial charge in [-0.25, -0.2) is 0 Å². The number of aliphatic hydroxyl groups excluding tert-OH is 2. The largest absolute Gasteiger partial charge is 0.466 e. The summed E-state index contributed by atoms with van der Waals surface area (Å²) in [4.78, 5) is 22.0. The third kappa shape index (κ3) is 3.76. The van der Waals surface area contributed by atoms with E-state index in [1.807, 2.05) is 0 Å². The van der Waals surface area contributed by atoms with Crippen LogP contribution < -0.4 is 5.32 Å². The zero-order chi connectivity index (χ0) is 13.0. The summed E-state index contributed by atoms with van der Waals surface area (Å²) in [6.07, 6.45) is -0.454. The maximum atomic E-state index is 11.3. The quantitative estimate of drug-likeness (QED) is 0.529. The molecule has 6 nitrogen and oxygen atoms in total. The van der Waals surface area contributed by atoms with Crippen LogP contribution in [-0.2, 0) is 14.3 Å². The average Bonchev–Trinajstić information content (AvgIpc) is 2.69. The molecular weight excluding hydrogens is 226 g/mol. The minimum Gasteiger partial charge on any atom is -0.466 e. The van der Waals surface area contributed by atoms with Gasteiger partial charge in [-0.05, 0) is 13.3 Å². The number of carbonyl (C=O) groups is 2. The number of esters is 1. The van der Waals surface area contributed by atoms with E-state index < -0.39 is 24.7 Å². The van der Waals surface area contributed by atoms with Gasteiger partial charge in [-0.2, -0.15) is 0 Å². The van der Waals surface area contributed by atoms with Crippen molar-refractivity contribution < 1.29 is 24.5 Å². The molecule has 0 radical (unpaired) electrons. The molecule has 0 aromatic carbocycles. The van der Waals surface area contributed by atoms with E-state index in [9.17, 15) is 14.7 Å². The third-order valence-corrected chi connectivity index (χ3v) is 3.03. The second kappa shape index (κ2) is 6.09. The Morgan fingerprint density at radius 3 is 2.59 bits per heavy atom. The van der Waals surface area contributed by atoms with E-state index in [4.69, 9.17) is 9.84 Å². The van der Waals surface area contributed by atoms with E-state index >= 15 is 0 Å². The Morgan fingerprint density at radius 2 is 2.12 bits per heavy atom. The fraction of sp³-hybridized carbons (Fsp3) is 0.818. The molecule has 17 heavy (non-hydrogen) atoms. The van der Waals surface area contributed by atoms with Crippen molar-refractivity contribution in [2.24, 2.45) is 5.92 Å². The zero-order valence-corrected chi connectivity index (χ0v) is 10.0. The minimum atomic E-state index is -0.958. The van der Waals surface area contributed by atoms with Crippen molar-refractivity contribution in [3.05, 3.63) is 0 Å². The predicted octanol–water partition coefficient (Wildman–Crippen LogP) is -1.16. The van der Waals surface area contributed by atoms with Crippen LogP contribution in [0.5, 0.6) is 0 Å². The number of ketones is 1. The van der Waals surface area contributed by atoms with Crippen LogP contribution in [-0.4, -0.2) is 53.4 Å². The maximum absolute atomic E-state index is 11.3. The van der Waals surface area contributed by atoms with Crippen molar-refractivity contribution in [1.82, 2.24) is 5.32 Å². The van der Waals surface area contributed by atoms with Crippen LogP contribution in [0.2, 0.25) is 0 Å². The standard InChI is InChI=1S/C11H19NO5/c1-6(14)9-3-8(5-17-7(2)15)11(12-9)10(16)4-13/h8-13,16H,3-5H2,1-2H3/t8-,9+,10?,11+/m0/s1. The molecule has 3 N–H and O–H groups in total. The number of hydrogen-bond acceptors (Lipinski definition) is 6. The molecular formula is C11H19NO5. The SMILES string of the molecule is CC(=O)OC[C@@H]1C[C@H](C(C)=O)N[C@H]1C(O)CO. The van der Waals surface area contributed by atoms with Gasteiger partial charge in [0.2, 0.25) is 0 Å². The monoisotopic (exact) mass is 245 g/mol. The molecule has 0 aromatic rings. The first-order chi connectivity index (χ1) is 7.95. The first-order valence-electron chi connectivity index (χ1n) is 5.64. The molecule has 1 unspecified atom stereocenters. The molecule has 0 aliphatic carbocycles. The van der Waals surface area contributed by atoms with Crippen molar-refractivity contribution in [3.8, 4) is 0 Å². The molecule has 6 heteroatoms. The van der Waals surface area contributed by atoms with Gasteiger partial charge in [0, 0.05) is 18.9 Å². The number of Topliss-reactive ketones (excluding diaryl/α,β-unsaturated/α-hetero) is 1. The normalized spacial score (nSPS) is 30.0. The number of hydrogen-bond donors (Lipinski definition) is 3. The molecule has 0 spiro atoms. The third-order valence-electron chi connectivity index (χ3n) is 3.03. The van der Waals surface area contributed by atoms with E-state index in [0.717, 1.165) is 0 Å². The van der Waals surface area contributed by atoms with Crippen LogP contribution in [0.25, 0.3) is 0 Å². The molecule has 0 bridgehead atoms. The van der Waals surface area contributed by atoms with Crippen LogP contribution in [0.1, 0.15) is 20.3 Å². The molecule has 1 aliphatic rings. The summed E-state index contributed by atoms with van der Waals surface area (Å²) in [5.41, 5.74) is 0. The lowest BCUT2D eigenvalue weighted by Crippen LogP contribution is -2.45. The fourth-order valence-electron chi connectivity index (χ4n) is 2.10. The van der Waals surface area contributed by atoms with E-state index in [1.165, 1.54) is 13.8 Å². The van der Waals surface area contributed by atoms with Gasteiger partial charge in [0.1, 0.15) is 5.78 Å². The van der Waals surface area contributed by atoms with Gasteiger partial charge < -0.3 is 20.3 Å². The van der Waals surface area contributed by atoms with Crippen LogP contribution in [0.3, 0.4) is 0 Å². The van der Waals surface area contributed by atoms with Gasteiger partial charge in [0.15, 0.2) is 0 Å². The van der Waals surface area contributed by atoms with Gasteiger partial charge >= 0.3 is 5.97 Å². The second-order valence-electron chi connectivity index (χ2n) is 4.40. The maximum Gasteiger partial charge on any atom is 0.302 e. The summed E-state index contributed by atoms with van der Waals surface area (Å²) in [5, 5.41) is 21.5. The highest BCUT2D eigenvalue weighted by Crippen LogP contribution is 2.24. The lowest BCUT2D eigenvalue weighted by molar-refractivity contribution is -0.142. The Hall–Kier alpha value is -0.980. The number of nitrogens with one attached hydrogen (secondary N) is 1. The molecule has 1 saturated heterocycles. The lowest BCUT2D eigenvalue weighted by atomic mass is 9.95. The summed E-state index contributed by atoms with van der Waals surface area (Å²) < 4.78 is 4.90. The first kappa shape index (κ1) is 14.1. The van der Waals surface area contributed by atoms with Gasteiger partial charge in [-0.3, -0.25) is 9.59 Å². The average molecular weight is 245 g/mol. The molecule has 98 valence electrons. The molecule has 1 fully saturated rings. The molecule has 1 rings (SSSR count). The Balaban J connectivity index is 2.63. The predicted molar refractivity (Wildman–Crippen MR) is 59.2 cm³/mol. The zero-order valence-electron chi connectivity index (χ0n) is 10.0. The van der Waals surface area contributed by atoms with Gasteiger partial charge in [0.05, 0.1) is 25.4 Å². The number of aliphatic hydroxyl groups is 2. The number of ether oxygens (including phenoxy) is 1. The summed E-state index contributed by atoms with van der Waals surface area (Å²) in [6.45, 7) is 2.53. The van der Waals surface area contributed by atoms with Crippen molar-refractivity contribution >= 4 is 11.8 Å². The molecule has 0 aromatic heterocycles. The van der Waals surface area contributed by atoms with Crippen molar-refractivity contribution in [2.75, 3.05) is 13.2 Å². The second-order valence-corrected chi connectivity index (χ2v) is 4.40. The highest BCUT2D eigenvalue weighted by atomic mass is 16.5.